The predicted octanol–water partition coefficient (Wildman–Crippen LogP) is 6.76. The van der Waals surface area contributed by atoms with Crippen LogP contribution < -0.4 is 15.4 Å². The molecule has 3 rings (SSSR count). The molecule has 0 saturated heterocycles. The molecule has 2 aromatic carbocycles. The molecule has 5 nitrogen and oxygen atoms in total. The highest BCUT2D eigenvalue weighted by molar-refractivity contribution is 9.10. The van der Waals surface area contributed by atoms with Gasteiger partial charge in [0.1, 0.15) is 11.6 Å². The Bertz CT molecular complexity index is 1010. The lowest BCUT2D eigenvalue weighted by Crippen LogP contribution is -2.17. The summed E-state index contributed by atoms with van der Waals surface area (Å²) in [5.41, 5.74) is 1.74. The van der Waals surface area contributed by atoms with Gasteiger partial charge in [-0.3, -0.25) is 0 Å². The molecule has 0 amide bonds. The van der Waals surface area contributed by atoms with Gasteiger partial charge in [-0.1, -0.05) is 41.1 Å². The van der Waals surface area contributed by atoms with Gasteiger partial charge in [-0.05, 0) is 43.7 Å². The smallest absolute Gasteiger partial charge is 0.406 e. The lowest BCUT2D eigenvalue weighted by molar-refractivity contribution is -0.274. The lowest BCUT2D eigenvalue weighted by atomic mass is 10.1. The second kappa shape index (κ2) is 9.34. The van der Waals surface area contributed by atoms with Crippen molar-refractivity contribution in [3.63, 3.8) is 0 Å². The van der Waals surface area contributed by atoms with Gasteiger partial charge < -0.3 is 15.4 Å². The minimum atomic E-state index is -4.76. The van der Waals surface area contributed by atoms with Crippen LogP contribution in [0.3, 0.4) is 0 Å². The van der Waals surface area contributed by atoms with Crippen LogP contribution in [-0.2, 0) is 0 Å². The van der Waals surface area contributed by atoms with Crippen LogP contribution in [-0.4, -0.2) is 22.4 Å². The van der Waals surface area contributed by atoms with Crippen molar-refractivity contribution in [1.82, 2.24) is 9.97 Å². The first-order chi connectivity index (χ1) is 14.2. The van der Waals surface area contributed by atoms with E-state index in [-0.39, 0.29) is 11.8 Å². The van der Waals surface area contributed by atoms with Crippen molar-refractivity contribution in [2.45, 2.75) is 32.7 Å². The van der Waals surface area contributed by atoms with E-state index < -0.39 is 6.36 Å². The molecular weight excluding hydrogens is 461 g/mol. The van der Waals surface area contributed by atoms with Crippen molar-refractivity contribution in [3.8, 4) is 17.0 Å². The first-order valence-corrected chi connectivity index (χ1v) is 10.1. The van der Waals surface area contributed by atoms with Crippen LogP contribution in [0.5, 0.6) is 5.75 Å². The molecule has 1 heterocycles. The van der Waals surface area contributed by atoms with Crippen molar-refractivity contribution in [3.05, 3.63) is 59.1 Å². The van der Waals surface area contributed by atoms with Gasteiger partial charge in [-0.2, -0.15) is 4.98 Å². The quantitative estimate of drug-likeness (QED) is 0.391. The molecule has 3 aromatic rings. The number of anilines is 3. The molecule has 0 radical (unpaired) electrons. The predicted molar refractivity (Wildman–Crippen MR) is 115 cm³/mol. The highest BCUT2D eigenvalue weighted by Crippen LogP contribution is 2.29. The summed E-state index contributed by atoms with van der Waals surface area (Å²) in [5.74, 6) is 0.573. The standard InChI is InChI=1S/C21H20BrF3N4O/c1-3-13(2)26-20-28-18(14-6-4-9-17(10-14)30-21(23,24)25)12-19(29-20)27-16-8-5-7-15(22)11-16/h4-13H,3H2,1-2H3,(H2,26,27,28,29)/t13-/m0/s1. The maximum absolute atomic E-state index is 12.6. The summed E-state index contributed by atoms with van der Waals surface area (Å²) in [6.07, 6.45) is -3.90. The molecule has 0 spiro atoms. The fraction of sp³-hybridized carbons (Fsp3) is 0.238. The van der Waals surface area contributed by atoms with Crippen LogP contribution in [0, 0.1) is 0 Å². The van der Waals surface area contributed by atoms with Gasteiger partial charge in [-0.25, -0.2) is 4.98 Å². The molecule has 0 bridgehead atoms. The summed E-state index contributed by atoms with van der Waals surface area (Å²) in [7, 11) is 0. The number of nitrogens with one attached hydrogen (secondary N) is 2. The first kappa shape index (κ1) is 21.9. The SMILES string of the molecule is CC[C@H](C)Nc1nc(Nc2cccc(Br)c2)cc(-c2cccc(OC(F)(F)F)c2)n1. The number of aromatic nitrogens is 2. The van der Waals surface area contributed by atoms with Crippen LogP contribution >= 0.6 is 15.9 Å². The van der Waals surface area contributed by atoms with Crippen LogP contribution in [0.4, 0.5) is 30.6 Å². The minimum absolute atomic E-state index is 0.124. The zero-order chi connectivity index (χ0) is 21.7. The van der Waals surface area contributed by atoms with E-state index in [1.807, 2.05) is 38.1 Å². The van der Waals surface area contributed by atoms with Crippen molar-refractivity contribution < 1.29 is 17.9 Å². The van der Waals surface area contributed by atoms with E-state index in [2.05, 4.69) is 41.3 Å². The highest BCUT2D eigenvalue weighted by Gasteiger charge is 2.31. The van der Waals surface area contributed by atoms with Gasteiger partial charge >= 0.3 is 6.36 Å². The average molecular weight is 481 g/mol. The summed E-state index contributed by atoms with van der Waals surface area (Å²) in [6, 6.07) is 15.1. The summed E-state index contributed by atoms with van der Waals surface area (Å²) in [5, 5.41) is 6.42. The van der Waals surface area contributed by atoms with Gasteiger partial charge in [0.2, 0.25) is 5.95 Å². The van der Waals surface area contributed by atoms with Crippen molar-refractivity contribution in [1.29, 1.82) is 0 Å². The second-order valence-electron chi connectivity index (χ2n) is 6.63. The Kier molecular flexibility index (Phi) is 6.81. The molecule has 0 aliphatic rings. The molecule has 2 N–H and O–H groups in total. The van der Waals surface area contributed by atoms with Gasteiger partial charge in [0.15, 0.2) is 0 Å². The molecular formula is C21H20BrF3N4O. The zero-order valence-corrected chi connectivity index (χ0v) is 17.9. The number of rotatable bonds is 7. The monoisotopic (exact) mass is 480 g/mol. The lowest BCUT2D eigenvalue weighted by Gasteiger charge is -2.15. The van der Waals surface area contributed by atoms with Crippen molar-refractivity contribution >= 4 is 33.4 Å². The molecule has 0 saturated carbocycles. The summed E-state index contributed by atoms with van der Waals surface area (Å²) < 4.78 is 42.7. The van der Waals surface area contributed by atoms with Gasteiger partial charge in [0.25, 0.3) is 0 Å². The molecule has 0 fully saturated rings. The van der Waals surface area contributed by atoms with E-state index >= 15 is 0 Å². The molecule has 1 aromatic heterocycles. The van der Waals surface area contributed by atoms with E-state index in [0.717, 1.165) is 16.6 Å². The largest absolute Gasteiger partial charge is 0.573 e. The van der Waals surface area contributed by atoms with E-state index in [4.69, 9.17) is 0 Å². The normalized spacial score (nSPS) is 12.3. The first-order valence-electron chi connectivity index (χ1n) is 9.26. The van der Waals surface area contributed by atoms with Gasteiger partial charge in [0, 0.05) is 27.8 Å². The highest BCUT2D eigenvalue weighted by atomic mass is 79.9. The Labute approximate surface area is 180 Å². The number of ether oxygens (including phenoxy) is 1. The van der Waals surface area contributed by atoms with E-state index in [1.54, 1.807) is 12.1 Å². The molecule has 0 aliphatic carbocycles. The molecule has 158 valence electrons. The Hall–Kier alpha value is -2.81. The summed E-state index contributed by atoms with van der Waals surface area (Å²) >= 11 is 3.42. The second-order valence-corrected chi connectivity index (χ2v) is 7.54. The number of benzene rings is 2. The third-order valence-corrected chi connectivity index (χ3v) is 4.67. The average Bonchev–Trinajstić information content (AvgIpc) is 2.66. The number of halogens is 4. The third kappa shape index (κ3) is 6.35. The summed E-state index contributed by atoms with van der Waals surface area (Å²) in [6.45, 7) is 4.02. The Morgan fingerprint density at radius 1 is 1.07 bits per heavy atom. The van der Waals surface area contributed by atoms with Gasteiger partial charge in [-0.15, -0.1) is 13.2 Å². The van der Waals surface area contributed by atoms with E-state index in [9.17, 15) is 13.2 Å². The molecule has 0 aliphatic heterocycles. The minimum Gasteiger partial charge on any atom is -0.406 e. The van der Waals surface area contributed by atoms with Crippen LogP contribution in [0.25, 0.3) is 11.3 Å². The Morgan fingerprint density at radius 2 is 1.83 bits per heavy atom. The fourth-order valence-corrected chi connectivity index (χ4v) is 3.01. The Morgan fingerprint density at radius 3 is 2.53 bits per heavy atom. The summed E-state index contributed by atoms with van der Waals surface area (Å²) in [4.78, 5) is 8.97. The topological polar surface area (TPSA) is 59.1 Å². The number of alkyl halides is 3. The number of nitrogens with zero attached hydrogens (tertiary/aromatic N) is 2. The van der Waals surface area contributed by atoms with Gasteiger partial charge in [0.05, 0.1) is 5.69 Å². The van der Waals surface area contributed by atoms with Crippen molar-refractivity contribution in [2.75, 3.05) is 10.6 Å². The maximum atomic E-state index is 12.6. The Balaban J connectivity index is 1.98. The van der Waals surface area contributed by atoms with E-state index in [0.29, 0.717) is 23.0 Å². The fourth-order valence-electron chi connectivity index (χ4n) is 2.61. The zero-order valence-electron chi connectivity index (χ0n) is 16.3. The van der Waals surface area contributed by atoms with E-state index in [1.165, 1.54) is 18.2 Å². The number of hydrogen-bond donors (Lipinski definition) is 2. The molecule has 30 heavy (non-hydrogen) atoms. The molecule has 1 atom stereocenters. The van der Waals surface area contributed by atoms with Crippen LogP contribution in [0.1, 0.15) is 20.3 Å². The molecule has 0 unspecified atom stereocenters. The maximum Gasteiger partial charge on any atom is 0.573 e. The van der Waals surface area contributed by atoms with Crippen molar-refractivity contribution in [2.24, 2.45) is 0 Å². The van der Waals surface area contributed by atoms with Crippen LogP contribution in [0.2, 0.25) is 0 Å². The van der Waals surface area contributed by atoms with Crippen LogP contribution in [0.15, 0.2) is 59.1 Å². The number of hydrogen-bond acceptors (Lipinski definition) is 5. The third-order valence-electron chi connectivity index (χ3n) is 4.17. The molecule has 9 heteroatoms.